The van der Waals surface area contributed by atoms with Crippen molar-refractivity contribution in [3.8, 4) is 33.8 Å². The zero-order chi connectivity index (χ0) is 29.9. The molecule has 5 heteroatoms. The molecular formula is C40H24N4O. The number of hydrogen-bond acceptors (Lipinski definition) is 4. The lowest BCUT2D eigenvalue weighted by Crippen LogP contribution is -2.21. The van der Waals surface area contributed by atoms with E-state index in [0.29, 0.717) is 28.2 Å². The molecule has 0 radical (unpaired) electrons. The first-order valence-corrected chi connectivity index (χ1v) is 14.9. The summed E-state index contributed by atoms with van der Waals surface area (Å²) >= 11 is 0. The number of nitrogens with zero attached hydrogens (tertiary/aromatic N) is 4. The van der Waals surface area contributed by atoms with Crippen LogP contribution < -0.4 is 5.69 Å². The number of rotatable bonds is 3. The van der Waals surface area contributed by atoms with Crippen molar-refractivity contribution in [3.05, 3.63) is 156 Å². The van der Waals surface area contributed by atoms with Crippen LogP contribution in [-0.4, -0.2) is 19.4 Å². The molecule has 9 aromatic rings. The van der Waals surface area contributed by atoms with Crippen molar-refractivity contribution in [2.24, 2.45) is 0 Å². The second kappa shape index (κ2) is 9.93. The minimum Gasteiger partial charge on any atom is -0.245 e. The van der Waals surface area contributed by atoms with E-state index in [9.17, 15) is 4.79 Å². The van der Waals surface area contributed by atoms with E-state index in [1.807, 2.05) is 66.7 Å². The van der Waals surface area contributed by atoms with Crippen molar-refractivity contribution in [1.29, 1.82) is 0 Å². The molecule has 0 saturated heterocycles. The minimum absolute atomic E-state index is 0.369. The standard InChI is InChI=1S/C40H24N4O/c45-40-43-38(42-39-37(25-11-2-1-3-12-25)41-35-19-8-9-20-36(35)44(39)40)28-14-10-13-26(23-28)27-21-22-33-31-17-5-4-15-29(31)30-16-6-7-18-32(30)34(33)24-27/h1-24H. The van der Waals surface area contributed by atoms with Gasteiger partial charge in [-0.2, -0.15) is 4.98 Å². The van der Waals surface area contributed by atoms with Gasteiger partial charge in [-0.15, -0.1) is 0 Å². The Morgan fingerprint density at radius 1 is 0.422 bits per heavy atom. The number of aromatic nitrogens is 4. The van der Waals surface area contributed by atoms with Gasteiger partial charge < -0.3 is 0 Å². The molecule has 0 atom stereocenters. The van der Waals surface area contributed by atoms with Gasteiger partial charge in [-0.1, -0.05) is 121 Å². The Hall–Kier alpha value is -6.20. The van der Waals surface area contributed by atoms with Gasteiger partial charge >= 0.3 is 5.69 Å². The lowest BCUT2D eigenvalue weighted by atomic mass is 9.92. The SMILES string of the molecule is O=c1nc(-c2cccc(-c3ccc4c5ccccc5c5ccccc5c4c3)c2)nc2c(-c3ccccc3)nc3ccccc3n12. The average molecular weight is 577 g/mol. The summed E-state index contributed by atoms with van der Waals surface area (Å²) in [5.74, 6) is 0.369. The minimum atomic E-state index is -0.389. The van der Waals surface area contributed by atoms with E-state index in [-0.39, 0.29) is 5.69 Å². The normalized spacial score (nSPS) is 11.6. The molecule has 0 aliphatic rings. The zero-order valence-electron chi connectivity index (χ0n) is 24.1. The fourth-order valence-electron chi connectivity index (χ4n) is 6.54. The first-order chi connectivity index (χ1) is 22.2. The topological polar surface area (TPSA) is 60.2 Å². The Bertz CT molecular complexity index is 2640. The predicted molar refractivity (Wildman–Crippen MR) is 183 cm³/mol. The number of benzene rings is 7. The first kappa shape index (κ1) is 25.3. The van der Waals surface area contributed by atoms with Gasteiger partial charge in [0, 0.05) is 11.1 Å². The van der Waals surface area contributed by atoms with E-state index < -0.39 is 0 Å². The maximum absolute atomic E-state index is 13.7. The molecule has 0 aliphatic carbocycles. The Labute approximate surface area is 257 Å². The molecule has 9 rings (SSSR count). The highest BCUT2D eigenvalue weighted by molar-refractivity contribution is 6.25. The molecule has 0 bridgehead atoms. The van der Waals surface area contributed by atoms with Crippen molar-refractivity contribution in [3.63, 3.8) is 0 Å². The van der Waals surface area contributed by atoms with Gasteiger partial charge in [0.2, 0.25) is 0 Å². The van der Waals surface area contributed by atoms with Crippen LogP contribution in [0.5, 0.6) is 0 Å². The van der Waals surface area contributed by atoms with Gasteiger partial charge in [0.15, 0.2) is 11.5 Å². The predicted octanol–water partition coefficient (Wildman–Crippen LogP) is 9.10. The summed E-state index contributed by atoms with van der Waals surface area (Å²) < 4.78 is 1.57. The zero-order valence-corrected chi connectivity index (χ0v) is 24.1. The number of para-hydroxylation sites is 2. The van der Waals surface area contributed by atoms with Gasteiger partial charge in [-0.25, -0.2) is 19.2 Å². The lowest BCUT2D eigenvalue weighted by Gasteiger charge is -2.13. The second-order valence-electron chi connectivity index (χ2n) is 11.2. The second-order valence-corrected chi connectivity index (χ2v) is 11.2. The summed E-state index contributed by atoms with van der Waals surface area (Å²) in [7, 11) is 0. The summed E-state index contributed by atoms with van der Waals surface area (Å²) in [6.07, 6.45) is 0. The summed E-state index contributed by atoms with van der Waals surface area (Å²) in [6, 6.07) is 49.4. The maximum Gasteiger partial charge on any atom is 0.356 e. The largest absolute Gasteiger partial charge is 0.356 e. The van der Waals surface area contributed by atoms with Crippen LogP contribution >= 0.6 is 0 Å². The fraction of sp³-hybridized carbons (Fsp3) is 0. The average Bonchev–Trinajstić information content (AvgIpc) is 3.11. The third-order valence-corrected chi connectivity index (χ3v) is 8.63. The highest BCUT2D eigenvalue weighted by Gasteiger charge is 2.17. The van der Waals surface area contributed by atoms with E-state index in [1.165, 1.54) is 32.3 Å². The molecule has 0 unspecified atom stereocenters. The molecule has 2 aromatic heterocycles. The molecule has 2 heterocycles. The van der Waals surface area contributed by atoms with Gasteiger partial charge in [0.1, 0.15) is 5.69 Å². The molecule has 0 N–H and O–H groups in total. The van der Waals surface area contributed by atoms with E-state index in [1.54, 1.807) is 4.40 Å². The highest BCUT2D eigenvalue weighted by Crippen LogP contribution is 2.37. The van der Waals surface area contributed by atoms with E-state index in [2.05, 4.69) is 83.8 Å². The van der Waals surface area contributed by atoms with Crippen molar-refractivity contribution in [1.82, 2.24) is 19.4 Å². The summed E-state index contributed by atoms with van der Waals surface area (Å²) in [5.41, 5.74) is 5.87. The van der Waals surface area contributed by atoms with E-state index in [0.717, 1.165) is 22.3 Å². The van der Waals surface area contributed by atoms with Gasteiger partial charge in [-0.3, -0.25) is 0 Å². The molecular weight excluding hydrogens is 552 g/mol. The van der Waals surface area contributed by atoms with Crippen LogP contribution in [0.25, 0.3) is 82.8 Å². The van der Waals surface area contributed by atoms with Crippen molar-refractivity contribution in [2.75, 3.05) is 0 Å². The highest BCUT2D eigenvalue weighted by atomic mass is 16.1. The lowest BCUT2D eigenvalue weighted by molar-refractivity contribution is 0.970. The molecule has 45 heavy (non-hydrogen) atoms. The van der Waals surface area contributed by atoms with Crippen LogP contribution in [0, 0.1) is 0 Å². The Kier molecular flexibility index (Phi) is 5.59. The van der Waals surface area contributed by atoms with Crippen LogP contribution in [0.4, 0.5) is 0 Å². The Morgan fingerprint density at radius 3 is 1.76 bits per heavy atom. The fourth-order valence-corrected chi connectivity index (χ4v) is 6.54. The van der Waals surface area contributed by atoms with Crippen LogP contribution in [-0.2, 0) is 0 Å². The molecule has 0 saturated carbocycles. The van der Waals surface area contributed by atoms with Crippen molar-refractivity contribution < 1.29 is 0 Å². The van der Waals surface area contributed by atoms with Crippen LogP contribution in [0.2, 0.25) is 0 Å². The third-order valence-electron chi connectivity index (χ3n) is 8.63. The summed E-state index contributed by atoms with van der Waals surface area (Å²) in [6.45, 7) is 0. The van der Waals surface area contributed by atoms with Crippen LogP contribution in [0.15, 0.2) is 150 Å². The van der Waals surface area contributed by atoms with Crippen LogP contribution in [0.3, 0.4) is 0 Å². The monoisotopic (exact) mass is 576 g/mol. The van der Waals surface area contributed by atoms with Gasteiger partial charge in [0.05, 0.1) is 11.0 Å². The first-order valence-electron chi connectivity index (χ1n) is 14.9. The van der Waals surface area contributed by atoms with E-state index >= 15 is 0 Å². The summed E-state index contributed by atoms with van der Waals surface area (Å²) in [4.78, 5) is 28.1. The number of hydrogen-bond donors (Lipinski definition) is 0. The molecule has 5 nitrogen and oxygen atoms in total. The van der Waals surface area contributed by atoms with E-state index in [4.69, 9.17) is 9.97 Å². The molecule has 0 spiro atoms. The van der Waals surface area contributed by atoms with Gasteiger partial charge in [0.25, 0.3) is 0 Å². The smallest absolute Gasteiger partial charge is 0.245 e. The van der Waals surface area contributed by atoms with Crippen molar-refractivity contribution >= 4 is 49.0 Å². The molecule has 0 amide bonds. The molecule has 210 valence electrons. The Balaban J connectivity index is 1.24. The van der Waals surface area contributed by atoms with Crippen molar-refractivity contribution in [2.45, 2.75) is 0 Å². The maximum atomic E-state index is 13.7. The van der Waals surface area contributed by atoms with Gasteiger partial charge in [-0.05, 0) is 67.7 Å². The molecule has 0 fully saturated rings. The molecule has 7 aromatic carbocycles. The number of fused-ring (bicyclic) bond motifs is 9. The quantitative estimate of drug-likeness (QED) is 0.197. The molecule has 0 aliphatic heterocycles. The third kappa shape index (κ3) is 4.02. The van der Waals surface area contributed by atoms with Crippen LogP contribution in [0.1, 0.15) is 0 Å². The summed E-state index contributed by atoms with van der Waals surface area (Å²) in [5, 5.41) is 7.40. The Morgan fingerprint density at radius 2 is 1.00 bits per heavy atom.